The Morgan fingerprint density at radius 3 is 2.57 bits per heavy atom. The molecule has 0 bridgehead atoms. The second-order valence-corrected chi connectivity index (χ2v) is 5.45. The van der Waals surface area contributed by atoms with Gasteiger partial charge in [0.1, 0.15) is 5.75 Å². The maximum absolute atomic E-state index is 13.0. The molecule has 1 aromatic carbocycles. The second kappa shape index (κ2) is 5.72. The standard InChI is InChI=1S/C19H17NO3/c1-12-17(13(2)21)11-15-7-5-9-20(15)18(12)19(22)14-6-4-8-16(10-14)23-3/h4-11H,1-3H3. The molecule has 4 heteroatoms. The van der Waals surface area contributed by atoms with Gasteiger partial charge in [-0.2, -0.15) is 0 Å². The summed E-state index contributed by atoms with van der Waals surface area (Å²) in [6.07, 6.45) is 1.83. The Hall–Kier alpha value is -2.88. The van der Waals surface area contributed by atoms with Gasteiger partial charge in [0.05, 0.1) is 12.8 Å². The molecule has 0 aliphatic heterocycles. The molecule has 3 aromatic rings. The van der Waals surface area contributed by atoms with E-state index in [0.29, 0.717) is 28.1 Å². The van der Waals surface area contributed by atoms with Crippen LogP contribution in [-0.2, 0) is 0 Å². The fourth-order valence-corrected chi connectivity index (χ4v) is 2.83. The van der Waals surface area contributed by atoms with Crippen LogP contribution in [0.3, 0.4) is 0 Å². The van der Waals surface area contributed by atoms with E-state index < -0.39 is 0 Å². The van der Waals surface area contributed by atoms with Crippen molar-refractivity contribution in [2.75, 3.05) is 7.11 Å². The number of ether oxygens (including phenoxy) is 1. The van der Waals surface area contributed by atoms with Crippen LogP contribution in [0, 0.1) is 6.92 Å². The number of methoxy groups -OCH3 is 1. The normalized spacial score (nSPS) is 10.7. The summed E-state index contributed by atoms with van der Waals surface area (Å²) in [5.41, 5.74) is 3.12. The summed E-state index contributed by atoms with van der Waals surface area (Å²) in [7, 11) is 1.56. The molecule has 0 aliphatic carbocycles. The smallest absolute Gasteiger partial charge is 0.210 e. The number of hydrogen-bond donors (Lipinski definition) is 0. The molecule has 0 saturated carbocycles. The summed E-state index contributed by atoms with van der Waals surface area (Å²) >= 11 is 0. The van der Waals surface area contributed by atoms with Crippen molar-refractivity contribution in [2.24, 2.45) is 0 Å². The number of fused-ring (bicyclic) bond motifs is 1. The summed E-state index contributed by atoms with van der Waals surface area (Å²) in [6, 6.07) is 12.6. The first kappa shape index (κ1) is 15.0. The largest absolute Gasteiger partial charge is 0.497 e. The first-order valence-electron chi connectivity index (χ1n) is 7.33. The van der Waals surface area contributed by atoms with Gasteiger partial charge in [-0.3, -0.25) is 9.59 Å². The van der Waals surface area contributed by atoms with Crippen LogP contribution >= 0.6 is 0 Å². The van der Waals surface area contributed by atoms with E-state index in [0.717, 1.165) is 5.52 Å². The first-order valence-corrected chi connectivity index (χ1v) is 7.33. The zero-order valence-corrected chi connectivity index (χ0v) is 13.3. The van der Waals surface area contributed by atoms with Gasteiger partial charge < -0.3 is 9.14 Å². The lowest BCUT2D eigenvalue weighted by atomic mass is 9.98. The van der Waals surface area contributed by atoms with Crippen molar-refractivity contribution in [2.45, 2.75) is 13.8 Å². The molecule has 0 atom stereocenters. The summed E-state index contributed by atoms with van der Waals surface area (Å²) in [6.45, 7) is 3.32. The van der Waals surface area contributed by atoms with E-state index in [9.17, 15) is 9.59 Å². The molecule has 0 amide bonds. The van der Waals surface area contributed by atoms with Gasteiger partial charge in [0.15, 0.2) is 5.78 Å². The highest BCUT2D eigenvalue weighted by molar-refractivity contribution is 6.11. The number of Topliss-reactive ketones (excluding diaryl/α,β-unsaturated/α-hetero) is 1. The molecule has 0 fully saturated rings. The van der Waals surface area contributed by atoms with E-state index in [1.54, 1.807) is 31.4 Å². The topological polar surface area (TPSA) is 47.8 Å². The van der Waals surface area contributed by atoms with Crippen molar-refractivity contribution in [3.8, 4) is 5.75 Å². The van der Waals surface area contributed by atoms with Gasteiger partial charge in [-0.1, -0.05) is 12.1 Å². The summed E-state index contributed by atoms with van der Waals surface area (Å²) in [5, 5.41) is 0. The van der Waals surface area contributed by atoms with Crippen LogP contribution in [0.5, 0.6) is 5.75 Å². The van der Waals surface area contributed by atoms with E-state index in [1.807, 2.05) is 35.7 Å². The number of nitrogens with zero attached hydrogens (tertiary/aromatic N) is 1. The third-order valence-corrected chi connectivity index (χ3v) is 4.00. The Bertz CT molecular complexity index is 922. The monoisotopic (exact) mass is 307 g/mol. The summed E-state index contributed by atoms with van der Waals surface area (Å²) in [5.74, 6) is 0.441. The molecule has 2 heterocycles. The second-order valence-electron chi connectivity index (χ2n) is 5.45. The average molecular weight is 307 g/mol. The zero-order chi connectivity index (χ0) is 16.6. The highest BCUT2D eigenvalue weighted by atomic mass is 16.5. The maximum atomic E-state index is 13.0. The Morgan fingerprint density at radius 2 is 1.87 bits per heavy atom. The molecule has 2 aromatic heterocycles. The van der Waals surface area contributed by atoms with E-state index in [4.69, 9.17) is 4.74 Å². The Kier molecular flexibility index (Phi) is 3.74. The van der Waals surface area contributed by atoms with E-state index in [1.165, 1.54) is 6.92 Å². The van der Waals surface area contributed by atoms with Crippen LogP contribution in [0.1, 0.15) is 38.9 Å². The number of hydrogen-bond acceptors (Lipinski definition) is 3. The van der Waals surface area contributed by atoms with Crippen molar-refractivity contribution >= 4 is 17.1 Å². The SMILES string of the molecule is COc1cccc(C(=O)c2c(C)c(C(C)=O)cc3cccn23)c1. The number of pyridine rings is 1. The quantitative estimate of drug-likeness (QED) is 0.691. The molecule has 0 aliphatic rings. The minimum Gasteiger partial charge on any atom is -0.497 e. The van der Waals surface area contributed by atoms with Crippen LogP contribution < -0.4 is 4.74 Å². The van der Waals surface area contributed by atoms with Crippen LogP contribution in [0.15, 0.2) is 48.7 Å². The Balaban J connectivity index is 2.25. The van der Waals surface area contributed by atoms with Gasteiger partial charge in [0, 0.05) is 22.8 Å². The van der Waals surface area contributed by atoms with Crippen molar-refractivity contribution in [1.29, 1.82) is 0 Å². The van der Waals surface area contributed by atoms with Gasteiger partial charge >= 0.3 is 0 Å². The van der Waals surface area contributed by atoms with Gasteiger partial charge in [0.2, 0.25) is 5.78 Å². The van der Waals surface area contributed by atoms with E-state index >= 15 is 0 Å². The van der Waals surface area contributed by atoms with Crippen molar-refractivity contribution in [1.82, 2.24) is 4.40 Å². The minimum absolute atomic E-state index is 0.0501. The predicted molar refractivity (Wildman–Crippen MR) is 88.6 cm³/mol. The summed E-state index contributed by atoms with van der Waals surface area (Å²) in [4.78, 5) is 24.9. The van der Waals surface area contributed by atoms with E-state index in [-0.39, 0.29) is 11.6 Å². The van der Waals surface area contributed by atoms with Crippen LogP contribution in [0.4, 0.5) is 0 Å². The van der Waals surface area contributed by atoms with Crippen molar-refractivity contribution < 1.29 is 14.3 Å². The molecular formula is C19H17NO3. The molecule has 0 unspecified atom stereocenters. The summed E-state index contributed by atoms with van der Waals surface area (Å²) < 4.78 is 7.02. The fourth-order valence-electron chi connectivity index (χ4n) is 2.83. The highest BCUT2D eigenvalue weighted by Crippen LogP contribution is 2.23. The van der Waals surface area contributed by atoms with Crippen LogP contribution in [0.2, 0.25) is 0 Å². The van der Waals surface area contributed by atoms with Crippen LogP contribution in [-0.4, -0.2) is 23.1 Å². The predicted octanol–water partition coefficient (Wildman–Crippen LogP) is 3.69. The molecule has 0 radical (unpaired) electrons. The number of ketones is 2. The number of carbonyl (C=O) groups excluding carboxylic acids is 2. The number of aromatic nitrogens is 1. The Labute approximate surface area is 134 Å². The Morgan fingerprint density at radius 1 is 1.09 bits per heavy atom. The number of carbonyl (C=O) groups is 2. The lowest BCUT2D eigenvalue weighted by Crippen LogP contribution is -2.13. The van der Waals surface area contributed by atoms with Gasteiger partial charge in [-0.05, 0) is 49.7 Å². The number of benzene rings is 1. The molecular weight excluding hydrogens is 290 g/mol. The van der Waals surface area contributed by atoms with Gasteiger partial charge in [-0.25, -0.2) is 0 Å². The zero-order valence-electron chi connectivity index (χ0n) is 13.3. The molecule has 0 spiro atoms. The average Bonchev–Trinajstić information content (AvgIpc) is 3.01. The number of rotatable bonds is 4. The molecule has 0 saturated heterocycles. The van der Waals surface area contributed by atoms with E-state index in [2.05, 4.69) is 0 Å². The first-order chi connectivity index (χ1) is 11.0. The lowest BCUT2D eigenvalue weighted by Gasteiger charge is -2.13. The van der Waals surface area contributed by atoms with Crippen LogP contribution in [0.25, 0.3) is 5.52 Å². The molecule has 4 nitrogen and oxygen atoms in total. The lowest BCUT2D eigenvalue weighted by molar-refractivity contribution is 0.101. The highest BCUT2D eigenvalue weighted by Gasteiger charge is 2.20. The minimum atomic E-state index is -0.134. The molecule has 23 heavy (non-hydrogen) atoms. The van der Waals surface area contributed by atoms with Gasteiger partial charge in [-0.15, -0.1) is 0 Å². The maximum Gasteiger partial charge on any atom is 0.210 e. The molecule has 116 valence electrons. The van der Waals surface area contributed by atoms with Crippen molar-refractivity contribution in [3.05, 3.63) is 71.0 Å². The van der Waals surface area contributed by atoms with Crippen molar-refractivity contribution in [3.63, 3.8) is 0 Å². The molecule has 3 rings (SSSR count). The fraction of sp³-hybridized carbons (Fsp3) is 0.158. The third kappa shape index (κ3) is 2.52. The third-order valence-electron chi connectivity index (χ3n) is 4.00. The molecule has 0 N–H and O–H groups in total. The van der Waals surface area contributed by atoms with Gasteiger partial charge in [0.25, 0.3) is 0 Å².